The van der Waals surface area contributed by atoms with Crippen molar-refractivity contribution in [1.29, 1.82) is 0 Å². The van der Waals surface area contributed by atoms with E-state index in [0.29, 0.717) is 12.0 Å². The number of hydrogen-bond acceptors (Lipinski definition) is 3. The van der Waals surface area contributed by atoms with Crippen molar-refractivity contribution in [3.63, 3.8) is 0 Å². The van der Waals surface area contributed by atoms with Crippen molar-refractivity contribution >= 4 is 0 Å². The quantitative estimate of drug-likeness (QED) is 0.851. The number of aryl methyl sites for hydroxylation is 1. The summed E-state index contributed by atoms with van der Waals surface area (Å²) >= 11 is 0. The van der Waals surface area contributed by atoms with Crippen LogP contribution in [0.4, 0.5) is 0 Å². The zero-order chi connectivity index (χ0) is 13.3. The predicted octanol–water partition coefficient (Wildman–Crippen LogP) is 2.09. The molecule has 4 nitrogen and oxygen atoms in total. The van der Waals surface area contributed by atoms with E-state index in [2.05, 4.69) is 14.8 Å². The first-order chi connectivity index (χ1) is 9.78. The number of nitrogens with zero attached hydrogens (tertiary/aromatic N) is 3. The largest absolute Gasteiger partial charge is 0.326 e. The molecule has 20 heavy (non-hydrogen) atoms. The van der Waals surface area contributed by atoms with Crippen molar-refractivity contribution < 1.29 is 0 Å². The van der Waals surface area contributed by atoms with Crippen LogP contribution < -0.4 is 5.73 Å². The first kappa shape index (κ1) is 11.7. The highest BCUT2D eigenvalue weighted by molar-refractivity contribution is 5.14. The van der Waals surface area contributed by atoms with Gasteiger partial charge in [-0.25, -0.2) is 0 Å². The van der Waals surface area contributed by atoms with Crippen molar-refractivity contribution in [1.82, 2.24) is 14.8 Å². The lowest BCUT2D eigenvalue weighted by molar-refractivity contribution is -0.00712. The van der Waals surface area contributed by atoms with E-state index in [9.17, 15) is 0 Å². The molecule has 1 unspecified atom stereocenters. The summed E-state index contributed by atoms with van der Waals surface area (Å²) in [5, 5.41) is 9.12. The van der Waals surface area contributed by atoms with Crippen LogP contribution in [0.15, 0.2) is 0 Å². The second kappa shape index (κ2) is 4.06. The topological polar surface area (TPSA) is 56.7 Å². The molecule has 2 N–H and O–H groups in total. The number of aromatic nitrogens is 3. The van der Waals surface area contributed by atoms with Gasteiger partial charge in [0.25, 0.3) is 0 Å². The molecule has 2 heterocycles. The molecule has 0 aromatic carbocycles. The van der Waals surface area contributed by atoms with Gasteiger partial charge in [0.1, 0.15) is 11.6 Å². The smallest absolute Gasteiger partial charge is 0.136 e. The maximum Gasteiger partial charge on any atom is 0.136 e. The Morgan fingerprint density at radius 2 is 1.65 bits per heavy atom. The summed E-state index contributed by atoms with van der Waals surface area (Å²) in [4.78, 5) is 0. The van der Waals surface area contributed by atoms with E-state index in [0.717, 1.165) is 43.1 Å². The Hall–Kier alpha value is -0.900. The maximum absolute atomic E-state index is 6.18. The zero-order valence-corrected chi connectivity index (χ0v) is 12.0. The number of nitrogens with two attached hydrogens (primary N) is 1. The highest BCUT2D eigenvalue weighted by Crippen LogP contribution is 2.59. The monoisotopic (exact) mass is 272 g/mol. The molecule has 4 bridgehead atoms. The molecule has 4 aliphatic carbocycles. The number of hydrogen-bond donors (Lipinski definition) is 1. The fourth-order valence-corrected chi connectivity index (χ4v) is 5.97. The van der Waals surface area contributed by atoms with Gasteiger partial charge in [-0.15, -0.1) is 10.2 Å². The van der Waals surface area contributed by atoms with E-state index < -0.39 is 0 Å². The van der Waals surface area contributed by atoms with Crippen molar-refractivity contribution in [2.75, 3.05) is 0 Å². The Balaban J connectivity index is 1.53. The lowest BCUT2D eigenvalue weighted by Crippen LogP contribution is -2.45. The van der Waals surface area contributed by atoms with Crippen LogP contribution in [0.25, 0.3) is 0 Å². The summed E-state index contributed by atoms with van der Waals surface area (Å²) < 4.78 is 2.39. The lowest BCUT2D eigenvalue weighted by atomic mass is 9.51. The fraction of sp³-hybridized carbons (Fsp3) is 0.875. The van der Waals surface area contributed by atoms with Gasteiger partial charge in [0.05, 0.1) is 0 Å². The van der Waals surface area contributed by atoms with E-state index in [4.69, 9.17) is 5.73 Å². The van der Waals surface area contributed by atoms with E-state index >= 15 is 0 Å². The predicted molar refractivity (Wildman–Crippen MR) is 76.1 cm³/mol. The molecular formula is C16H24N4. The number of fused-ring (bicyclic) bond motifs is 1. The Morgan fingerprint density at radius 1 is 0.950 bits per heavy atom. The molecule has 108 valence electrons. The molecule has 6 rings (SSSR count). The first-order valence-electron chi connectivity index (χ1n) is 8.45. The molecule has 1 aromatic heterocycles. The summed E-state index contributed by atoms with van der Waals surface area (Å²) in [6.45, 7) is 0.945. The van der Waals surface area contributed by atoms with Crippen molar-refractivity contribution in [3.8, 4) is 0 Å². The van der Waals surface area contributed by atoms with Crippen LogP contribution in [0.1, 0.15) is 56.1 Å². The maximum atomic E-state index is 6.18. The van der Waals surface area contributed by atoms with Gasteiger partial charge in [0.15, 0.2) is 0 Å². The summed E-state index contributed by atoms with van der Waals surface area (Å²) in [6.07, 6.45) is 9.40. The van der Waals surface area contributed by atoms with E-state index in [1.54, 1.807) is 0 Å². The van der Waals surface area contributed by atoms with Crippen LogP contribution in [0.3, 0.4) is 0 Å². The minimum absolute atomic E-state index is 0.300. The van der Waals surface area contributed by atoms with Crippen LogP contribution in [0.2, 0.25) is 0 Å². The average Bonchev–Trinajstić information content (AvgIpc) is 2.81. The highest BCUT2D eigenvalue weighted by atomic mass is 15.3. The molecule has 4 heteroatoms. The third kappa shape index (κ3) is 1.57. The Morgan fingerprint density at radius 3 is 2.35 bits per heavy atom. The van der Waals surface area contributed by atoms with Gasteiger partial charge >= 0.3 is 0 Å². The average molecular weight is 272 g/mol. The normalized spacial score (nSPS) is 45.6. The van der Waals surface area contributed by atoms with Gasteiger partial charge < -0.3 is 10.3 Å². The van der Waals surface area contributed by atoms with Gasteiger partial charge in [0.2, 0.25) is 0 Å². The standard InChI is InChI=1S/C16H24N4/c17-13-1-2-14-18-19-16(20(14)8-13)15-11-4-9-3-10(6-11)7-12(15)5-9/h9-13,15H,1-8,17H2. The second-order valence-electron chi connectivity index (χ2n) is 7.84. The molecular weight excluding hydrogens is 248 g/mol. The van der Waals surface area contributed by atoms with Gasteiger partial charge in [-0.1, -0.05) is 0 Å². The first-order valence-corrected chi connectivity index (χ1v) is 8.45. The molecule has 0 radical (unpaired) electrons. The molecule has 1 atom stereocenters. The van der Waals surface area contributed by atoms with Crippen molar-refractivity contribution in [2.45, 2.75) is 63.5 Å². The fourth-order valence-electron chi connectivity index (χ4n) is 5.97. The summed E-state index contributed by atoms with van der Waals surface area (Å²) in [5.74, 6) is 7.00. The lowest BCUT2D eigenvalue weighted by Gasteiger charge is -2.54. The van der Waals surface area contributed by atoms with Crippen molar-refractivity contribution in [3.05, 3.63) is 11.6 Å². The van der Waals surface area contributed by atoms with Crippen LogP contribution >= 0.6 is 0 Å². The van der Waals surface area contributed by atoms with Crippen LogP contribution in [0.5, 0.6) is 0 Å². The van der Waals surface area contributed by atoms with Crippen molar-refractivity contribution in [2.24, 2.45) is 29.4 Å². The minimum atomic E-state index is 0.300. The second-order valence-corrected chi connectivity index (χ2v) is 7.84. The zero-order valence-electron chi connectivity index (χ0n) is 12.0. The third-order valence-electron chi connectivity index (χ3n) is 6.54. The summed E-state index contributed by atoms with van der Waals surface area (Å²) in [7, 11) is 0. The molecule has 1 aliphatic heterocycles. The van der Waals surface area contributed by atoms with Gasteiger partial charge in [-0.05, 0) is 62.2 Å². The molecule has 0 amide bonds. The summed E-state index contributed by atoms with van der Waals surface area (Å²) in [6, 6.07) is 0.300. The molecule has 0 spiro atoms. The molecule has 4 saturated carbocycles. The van der Waals surface area contributed by atoms with Crippen LogP contribution in [-0.2, 0) is 13.0 Å². The molecule has 1 aromatic rings. The van der Waals surface area contributed by atoms with E-state index in [1.165, 1.54) is 43.8 Å². The van der Waals surface area contributed by atoms with Gasteiger partial charge in [-0.2, -0.15) is 0 Å². The van der Waals surface area contributed by atoms with Gasteiger partial charge in [0, 0.05) is 24.9 Å². The highest BCUT2D eigenvalue weighted by Gasteiger charge is 2.50. The Labute approximate surface area is 120 Å². The van der Waals surface area contributed by atoms with Gasteiger partial charge in [-0.3, -0.25) is 0 Å². The Bertz CT molecular complexity index is 507. The SMILES string of the molecule is NC1CCc2nnc(C3C4CC5CC(C4)CC3C5)n2C1. The summed E-state index contributed by atoms with van der Waals surface area (Å²) in [5.41, 5.74) is 6.18. The minimum Gasteiger partial charge on any atom is -0.326 e. The van der Waals surface area contributed by atoms with E-state index in [-0.39, 0.29) is 0 Å². The van der Waals surface area contributed by atoms with Crippen LogP contribution in [0, 0.1) is 23.7 Å². The van der Waals surface area contributed by atoms with Crippen LogP contribution in [-0.4, -0.2) is 20.8 Å². The van der Waals surface area contributed by atoms with E-state index in [1.807, 2.05) is 0 Å². The molecule has 5 aliphatic rings. The third-order valence-corrected chi connectivity index (χ3v) is 6.54. The molecule has 4 fully saturated rings. The number of rotatable bonds is 1. The molecule has 0 saturated heterocycles. The Kier molecular flexibility index (Phi) is 2.38.